The van der Waals surface area contributed by atoms with E-state index in [2.05, 4.69) is 185 Å². The molecule has 3 aliphatic carbocycles. The van der Waals surface area contributed by atoms with E-state index in [4.69, 9.17) is 11.1 Å². The fraction of sp³-hybridized carbons (Fsp3) is 0.125. The number of halogens is 1. The van der Waals surface area contributed by atoms with Gasteiger partial charge < -0.3 is 0 Å². The number of benzene rings is 6. The van der Waals surface area contributed by atoms with Crippen molar-refractivity contribution in [1.82, 2.24) is 0 Å². The van der Waals surface area contributed by atoms with Crippen LogP contribution in [0.2, 0.25) is 0 Å². The molecule has 0 heterocycles. The molecule has 0 radical (unpaired) electrons. The van der Waals surface area contributed by atoms with Crippen LogP contribution in [0.5, 0.6) is 0 Å². The van der Waals surface area contributed by atoms with Gasteiger partial charge in [0, 0.05) is 16.6 Å². The van der Waals surface area contributed by atoms with Crippen LogP contribution in [0.3, 0.4) is 0 Å². The highest BCUT2D eigenvalue weighted by Gasteiger charge is 2.59. The Morgan fingerprint density at radius 1 is 0.360 bits per heavy atom. The minimum absolute atomic E-state index is 0.127. The van der Waals surface area contributed by atoms with Crippen molar-refractivity contribution < 1.29 is 0 Å². The predicted octanol–water partition coefficient (Wildman–Crippen LogP) is 13.4. The second kappa shape index (κ2) is 12.1. The molecule has 3 aliphatic rings. The lowest BCUT2D eigenvalue weighted by atomic mass is 9.97. The zero-order valence-electron chi connectivity index (χ0n) is 28.7. The molecule has 2 heteroatoms. The van der Waals surface area contributed by atoms with E-state index in [0.717, 1.165) is 0 Å². The lowest BCUT2D eigenvalue weighted by Crippen LogP contribution is -2.49. The average Bonchev–Trinajstić information content (AvgIpc) is 3.81. The number of rotatable bonds is 6. The van der Waals surface area contributed by atoms with Gasteiger partial charge in [-0.25, -0.2) is 0 Å². The van der Waals surface area contributed by atoms with Crippen molar-refractivity contribution in [2.24, 2.45) is 0 Å². The zero-order valence-corrected chi connectivity index (χ0v) is 30.5. The first kappa shape index (κ1) is 31.1. The van der Waals surface area contributed by atoms with Crippen LogP contribution in [0.1, 0.15) is 70.8 Å². The normalized spacial score (nSPS) is 19.9. The lowest BCUT2D eigenvalue weighted by molar-refractivity contribution is 0.914. The zero-order chi connectivity index (χ0) is 34.0. The molecule has 0 bridgehead atoms. The summed E-state index contributed by atoms with van der Waals surface area (Å²) in [4.78, 5) is 0. The summed E-state index contributed by atoms with van der Waals surface area (Å²) in [5, 5.41) is 0. The Balaban J connectivity index is 1.29. The minimum atomic E-state index is -3.00. The minimum Gasteiger partial charge on any atom is -0.164 e. The molecule has 0 N–H and O–H groups in total. The quantitative estimate of drug-likeness (QED) is 0.121. The molecule has 0 amide bonds. The smallest absolute Gasteiger partial charge is 0.164 e. The first-order valence-corrected chi connectivity index (χ1v) is 21.0. The summed E-state index contributed by atoms with van der Waals surface area (Å²) in [6.07, 6.45) is 7.37. The predicted molar refractivity (Wildman–Crippen MR) is 216 cm³/mol. The number of hydrogen-bond donors (Lipinski definition) is 0. The van der Waals surface area contributed by atoms with Crippen molar-refractivity contribution in [3.05, 3.63) is 196 Å². The summed E-state index contributed by atoms with van der Waals surface area (Å²) in [5.74, 6) is 0. The van der Waals surface area contributed by atoms with Gasteiger partial charge in [0.15, 0.2) is 7.38 Å². The lowest BCUT2D eigenvalue weighted by Gasteiger charge is -2.44. The van der Waals surface area contributed by atoms with Crippen molar-refractivity contribution in [1.29, 1.82) is 0 Å². The van der Waals surface area contributed by atoms with Crippen LogP contribution in [0.25, 0.3) is 51.6 Å². The fourth-order valence-electron chi connectivity index (χ4n) is 9.53. The summed E-state index contributed by atoms with van der Waals surface area (Å²) in [7, 11) is -3.00. The maximum atomic E-state index is 8.94. The van der Waals surface area contributed by atoms with Crippen molar-refractivity contribution in [2.45, 2.75) is 37.4 Å². The van der Waals surface area contributed by atoms with Crippen molar-refractivity contribution >= 4 is 36.7 Å². The summed E-state index contributed by atoms with van der Waals surface area (Å²) in [6.45, 7) is 7.02. The van der Waals surface area contributed by atoms with Gasteiger partial charge in [0.05, 0.1) is 0 Å². The molecule has 0 fully saturated rings. The largest absolute Gasteiger partial charge is 0.190 e. The van der Waals surface area contributed by atoms with Gasteiger partial charge in [0.25, 0.3) is 0 Å². The molecule has 0 aromatic heterocycles. The van der Waals surface area contributed by atoms with Crippen LogP contribution in [-0.4, -0.2) is 7.38 Å². The van der Waals surface area contributed by atoms with E-state index in [0.29, 0.717) is 0 Å². The van der Waals surface area contributed by atoms with E-state index >= 15 is 0 Å². The van der Waals surface area contributed by atoms with Crippen LogP contribution >= 0.6 is 11.1 Å². The molecule has 0 saturated carbocycles. The van der Waals surface area contributed by atoms with E-state index in [9.17, 15) is 0 Å². The van der Waals surface area contributed by atoms with E-state index in [1.165, 1.54) is 83.5 Å². The molecule has 0 saturated heterocycles. The Morgan fingerprint density at radius 2 is 0.640 bits per heavy atom. The molecule has 9 rings (SSSR count). The second-order valence-electron chi connectivity index (χ2n) is 14.3. The van der Waals surface area contributed by atoms with Gasteiger partial charge in [-0.05, 0) is 87.5 Å². The van der Waals surface area contributed by atoms with Crippen molar-refractivity contribution in [2.75, 3.05) is 0 Å². The maximum absolute atomic E-state index is 8.94. The van der Waals surface area contributed by atoms with Gasteiger partial charge in [-0.3, -0.25) is 0 Å². The SMILES string of the molecule is CC1=Cc2c(-c3ccccc3)cccc2C1[Si](Cl)(C1C(C)=Cc2c(-c3ccccc3)cccc21)C1C(C)=Cc2c(-c3ccccc3)cccc21. The van der Waals surface area contributed by atoms with Gasteiger partial charge in [0.1, 0.15) is 0 Å². The number of hydrogen-bond acceptors (Lipinski definition) is 0. The highest BCUT2D eigenvalue weighted by molar-refractivity contribution is 7.23. The van der Waals surface area contributed by atoms with Crippen LogP contribution in [0, 0.1) is 0 Å². The van der Waals surface area contributed by atoms with Crippen LogP contribution in [-0.2, 0) is 0 Å². The summed E-state index contributed by atoms with van der Waals surface area (Å²) in [5.41, 5.74) is 20.3. The molecular weight excluding hydrogens is 640 g/mol. The third-order valence-electron chi connectivity index (χ3n) is 11.4. The van der Waals surface area contributed by atoms with Gasteiger partial charge >= 0.3 is 0 Å². The molecule has 242 valence electrons. The summed E-state index contributed by atoms with van der Waals surface area (Å²) < 4.78 is 0. The molecule has 0 spiro atoms. The first-order valence-electron chi connectivity index (χ1n) is 17.7. The molecule has 6 aromatic carbocycles. The Morgan fingerprint density at radius 3 is 0.920 bits per heavy atom. The van der Waals surface area contributed by atoms with Crippen LogP contribution < -0.4 is 0 Å². The Hall–Kier alpha value is -4.95. The third-order valence-corrected chi connectivity index (χ3v) is 18.3. The standard InChI is InChI=1S/C48H39ClSi/c1-31-28-43-37(34-16-7-4-8-17-34)22-13-25-40(43)46(31)50(49,47-32(2)29-44-38(23-14-26-41(44)47)35-18-9-5-10-19-35)48-33(3)30-45-39(24-15-27-42(45)48)36-20-11-6-12-21-36/h4-30,46-48H,1-3H3. The Labute approximate surface area is 301 Å². The molecule has 6 aromatic rings. The van der Waals surface area contributed by atoms with Gasteiger partial charge in [-0.2, -0.15) is 11.1 Å². The molecule has 0 nitrogen and oxygen atoms in total. The topological polar surface area (TPSA) is 0 Å². The molecule has 3 atom stereocenters. The van der Waals surface area contributed by atoms with Gasteiger partial charge in [0.2, 0.25) is 0 Å². The monoisotopic (exact) mass is 678 g/mol. The highest BCUT2D eigenvalue weighted by Crippen LogP contribution is 2.63. The molecule has 0 aliphatic heterocycles. The van der Waals surface area contributed by atoms with Crippen LogP contribution in [0.4, 0.5) is 0 Å². The molecular formula is C48H39ClSi. The summed E-state index contributed by atoms with van der Waals surface area (Å²) in [6, 6.07) is 53.2. The van der Waals surface area contributed by atoms with Crippen molar-refractivity contribution in [3.8, 4) is 33.4 Å². The van der Waals surface area contributed by atoms with E-state index in [1.807, 2.05) is 0 Å². The number of allylic oxidation sites excluding steroid dienone is 3. The third kappa shape index (κ3) is 4.71. The fourth-order valence-corrected chi connectivity index (χ4v) is 17.7. The Bertz CT molecular complexity index is 2100. The maximum Gasteiger partial charge on any atom is 0.190 e. The van der Waals surface area contributed by atoms with Gasteiger partial charge in [-0.15, -0.1) is 0 Å². The van der Waals surface area contributed by atoms with E-state index < -0.39 is 7.38 Å². The molecule has 3 unspecified atom stereocenters. The van der Waals surface area contributed by atoms with E-state index in [1.54, 1.807) is 0 Å². The second-order valence-corrected chi connectivity index (χ2v) is 19.7. The van der Waals surface area contributed by atoms with Crippen LogP contribution in [0.15, 0.2) is 162 Å². The van der Waals surface area contributed by atoms with E-state index in [-0.39, 0.29) is 16.6 Å². The van der Waals surface area contributed by atoms with Crippen molar-refractivity contribution in [3.63, 3.8) is 0 Å². The summed E-state index contributed by atoms with van der Waals surface area (Å²) >= 11 is 8.94. The highest BCUT2D eigenvalue weighted by atomic mass is 35.6. The average molecular weight is 679 g/mol. The molecule has 50 heavy (non-hydrogen) atoms. The van der Waals surface area contributed by atoms with Gasteiger partial charge in [-0.1, -0.05) is 181 Å². The number of fused-ring (bicyclic) bond motifs is 3. The first-order chi connectivity index (χ1) is 24.4. The Kier molecular flexibility index (Phi) is 7.53.